The summed E-state index contributed by atoms with van der Waals surface area (Å²) in [4.78, 5) is 17.6. The van der Waals surface area contributed by atoms with Crippen LogP contribution in [-0.2, 0) is 4.79 Å². The van der Waals surface area contributed by atoms with Gasteiger partial charge in [-0.3, -0.25) is 9.78 Å². The van der Waals surface area contributed by atoms with E-state index >= 15 is 0 Å². The molecule has 0 bridgehead atoms. The van der Waals surface area contributed by atoms with Crippen molar-refractivity contribution in [1.29, 1.82) is 0 Å². The van der Waals surface area contributed by atoms with E-state index in [0.29, 0.717) is 17.2 Å². The average Bonchev–Trinajstić information content (AvgIpc) is 2.61. The van der Waals surface area contributed by atoms with E-state index in [9.17, 15) is 4.79 Å². The molecule has 1 heterocycles. The van der Waals surface area contributed by atoms with E-state index in [1.54, 1.807) is 13.3 Å². The first kappa shape index (κ1) is 16.8. The number of thioether (sulfide) groups is 1. The van der Waals surface area contributed by atoms with E-state index in [1.807, 2.05) is 48.5 Å². The van der Waals surface area contributed by atoms with Crippen molar-refractivity contribution in [2.45, 2.75) is 4.90 Å². The van der Waals surface area contributed by atoms with Crippen molar-refractivity contribution >= 4 is 50.2 Å². The van der Waals surface area contributed by atoms with Gasteiger partial charge in [-0.2, -0.15) is 0 Å². The zero-order valence-electron chi connectivity index (χ0n) is 13.0. The average molecular weight is 403 g/mol. The SMILES string of the molecule is COc1cc(Br)ccc1NC(=O)CSc1cccc2cccnc12. The summed E-state index contributed by atoms with van der Waals surface area (Å²) in [6, 6.07) is 15.4. The third kappa shape index (κ3) is 3.88. The Balaban J connectivity index is 1.69. The largest absolute Gasteiger partial charge is 0.495 e. The number of ether oxygens (including phenoxy) is 1. The van der Waals surface area contributed by atoms with Crippen LogP contribution >= 0.6 is 27.7 Å². The van der Waals surface area contributed by atoms with Gasteiger partial charge in [0.25, 0.3) is 0 Å². The molecule has 122 valence electrons. The standard InChI is InChI=1S/C18H15BrN2O2S/c1-23-15-10-13(19)7-8-14(15)21-17(22)11-24-16-6-2-4-12-5-3-9-20-18(12)16/h2-10H,11H2,1H3,(H,21,22). The van der Waals surface area contributed by atoms with E-state index in [2.05, 4.69) is 26.2 Å². The van der Waals surface area contributed by atoms with Crippen molar-refractivity contribution in [3.05, 3.63) is 59.2 Å². The van der Waals surface area contributed by atoms with Gasteiger partial charge in [0.1, 0.15) is 5.75 Å². The Morgan fingerprint density at radius 3 is 2.92 bits per heavy atom. The summed E-state index contributed by atoms with van der Waals surface area (Å²) in [6.07, 6.45) is 1.76. The monoisotopic (exact) mass is 402 g/mol. The predicted octanol–water partition coefficient (Wildman–Crippen LogP) is 4.74. The lowest BCUT2D eigenvalue weighted by Gasteiger charge is -2.11. The van der Waals surface area contributed by atoms with Crippen LogP contribution in [0.5, 0.6) is 5.75 Å². The highest BCUT2D eigenvalue weighted by Gasteiger charge is 2.10. The minimum absolute atomic E-state index is 0.0893. The van der Waals surface area contributed by atoms with Crippen molar-refractivity contribution in [3.8, 4) is 5.75 Å². The molecule has 1 N–H and O–H groups in total. The number of hydrogen-bond donors (Lipinski definition) is 1. The molecule has 24 heavy (non-hydrogen) atoms. The molecule has 3 rings (SSSR count). The molecular formula is C18H15BrN2O2S. The van der Waals surface area contributed by atoms with E-state index in [0.717, 1.165) is 20.3 Å². The molecule has 4 nitrogen and oxygen atoms in total. The maximum atomic E-state index is 12.3. The van der Waals surface area contributed by atoms with Crippen molar-refractivity contribution in [1.82, 2.24) is 4.98 Å². The van der Waals surface area contributed by atoms with Crippen LogP contribution in [0.15, 0.2) is 64.1 Å². The number of aromatic nitrogens is 1. The fourth-order valence-electron chi connectivity index (χ4n) is 2.29. The molecule has 0 aliphatic carbocycles. The summed E-state index contributed by atoms with van der Waals surface area (Å²) >= 11 is 4.85. The lowest BCUT2D eigenvalue weighted by molar-refractivity contribution is -0.113. The topological polar surface area (TPSA) is 51.2 Å². The predicted molar refractivity (Wildman–Crippen MR) is 102 cm³/mol. The van der Waals surface area contributed by atoms with E-state index in [1.165, 1.54) is 11.8 Å². The van der Waals surface area contributed by atoms with Gasteiger partial charge in [0.05, 0.1) is 24.1 Å². The Bertz CT molecular complexity index is 881. The lowest BCUT2D eigenvalue weighted by Crippen LogP contribution is -2.14. The number of rotatable bonds is 5. The molecule has 0 atom stereocenters. The summed E-state index contributed by atoms with van der Waals surface area (Å²) in [7, 11) is 1.58. The zero-order valence-corrected chi connectivity index (χ0v) is 15.4. The molecule has 0 aliphatic rings. The highest BCUT2D eigenvalue weighted by Crippen LogP contribution is 2.29. The number of carbonyl (C=O) groups excluding carboxylic acids is 1. The van der Waals surface area contributed by atoms with Gasteiger partial charge in [-0.15, -0.1) is 11.8 Å². The fourth-order valence-corrected chi connectivity index (χ4v) is 3.47. The molecule has 0 spiro atoms. The van der Waals surface area contributed by atoms with E-state index in [-0.39, 0.29) is 5.91 Å². The van der Waals surface area contributed by atoms with Gasteiger partial charge in [-0.1, -0.05) is 34.1 Å². The summed E-state index contributed by atoms with van der Waals surface area (Å²) in [5, 5.41) is 3.95. The quantitative estimate of drug-likeness (QED) is 0.626. The molecule has 0 saturated carbocycles. The number of benzene rings is 2. The second-order valence-electron chi connectivity index (χ2n) is 5.01. The number of anilines is 1. The number of halogens is 1. The Hall–Kier alpha value is -2.05. The number of hydrogen-bond acceptors (Lipinski definition) is 4. The maximum Gasteiger partial charge on any atom is 0.234 e. The molecule has 0 saturated heterocycles. The molecule has 1 amide bonds. The number of nitrogens with zero attached hydrogens (tertiary/aromatic N) is 1. The highest BCUT2D eigenvalue weighted by atomic mass is 79.9. The van der Waals surface area contributed by atoms with Crippen LogP contribution in [-0.4, -0.2) is 23.8 Å². The number of carbonyl (C=O) groups is 1. The van der Waals surface area contributed by atoms with Gasteiger partial charge in [0.15, 0.2) is 0 Å². The maximum absolute atomic E-state index is 12.3. The summed E-state index contributed by atoms with van der Waals surface area (Å²) in [5.41, 5.74) is 1.57. The second kappa shape index (κ2) is 7.68. The first-order valence-electron chi connectivity index (χ1n) is 7.27. The second-order valence-corrected chi connectivity index (χ2v) is 6.95. The molecular weight excluding hydrogens is 388 g/mol. The van der Waals surface area contributed by atoms with Crippen molar-refractivity contribution < 1.29 is 9.53 Å². The van der Waals surface area contributed by atoms with E-state index < -0.39 is 0 Å². The normalized spacial score (nSPS) is 10.6. The van der Waals surface area contributed by atoms with Crippen LogP contribution in [0.3, 0.4) is 0 Å². The van der Waals surface area contributed by atoms with Gasteiger partial charge >= 0.3 is 0 Å². The Kier molecular flexibility index (Phi) is 5.37. The minimum Gasteiger partial charge on any atom is -0.495 e. The Morgan fingerprint density at radius 1 is 1.25 bits per heavy atom. The third-order valence-electron chi connectivity index (χ3n) is 3.39. The van der Waals surface area contributed by atoms with Crippen LogP contribution in [0.25, 0.3) is 10.9 Å². The van der Waals surface area contributed by atoms with Crippen LogP contribution in [0.4, 0.5) is 5.69 Å². The van der Waals surface area contributed by atoms with Gasteiger partial charge in [-0.05, 0) is 30.3 Å². The summed E-state index contributed by atoms with van der Waals surface area (Å²) in [6.45, 7) is 0. The summed E-state index contributed by atoms with van der Waals surface area (Å²) < 4.78 is 6.18. The Morgan fingerprint density at radius 2 is 2.08 bits per heavy atom. The molecule has 1 aromatic heterocycles. The van der Waals surface area contributed by atoms with Crippen molar-refractivity contribution in [2.75, 3.05) is 18.2 Å². The van der Waals surface area contributed by atoms with Gasteiger partial charge in [0, 0.05) is 21.0 Å². The van der Waals surface area contributed by atoms with Gasteiger partial charge < -0.3 is 10.1 Å². The molecule has 6 heteroatoms. The number of pyridine rings is 1. The first-order chi connectivity index (χ1) is 11.7. The number of methoxy groups -OCH3 is 1. The molecule has 0 radical (unpaired) electrons. The number of amides is 1. The number of nitrogens with one attached hydrogen (secondary N) is 1. The van der Waals surface area contributed by atoms with Crippen LogP contribution in [0.2, 0.25) is 0 Å². The molecule has 0 unspecified atom stereocenters. The van der Waals surface area contributed by atoms with Crippen LogP contribution < -0.4 is 10.1 Å². The highest BCUT2D eigenvalue weighted by molar-refractivity contribution is 9.10. The molecule has 0 fully saturated rings. The van der Waals surface area contributed by atoms with E-state index in [4.69, 9.17) is 4.74 Å². The van der Waals surface area contributed by atoms with Gasteiger partial charge in [0.2, 0.25) is 5.91 Å². The van der Waals surface area contributed by atoms with Crippen molar-refractivity contribution in [2.24, 2.45) is 0 Å². The summed E-state index contributed by atoms with van der Waals surface area (Å²) in [5.74, 6) is 0.831. The fraction of sp³-hybridized carbons (Fsp3) is 0.111. The minimum atomic E-state index is -0.0893. The van der Waals surface area contributed by atoms with Crippen LogP contribution in [0, 0.1) is 0 Å². The molecule has 2 aromatic carbocycles. The number of fused-ring (bicyclic) bond motifs is 1. The third-order valence-corrected chi connectivity index (χ3v) is 4.93. The molecule has 3 aromatic rings. The zero-order chi connectivity index (χ0) is 16.9. The van der Waals surface area contributed by atoms with Crippen molar-refractivity contribution in [3.63, 3.8) is 0 Å². The lowest BCUT2D eigenvalue weighted by atomic mass is 10.2. The molecule has 0 aliphatic heterocycles. The van der Waals surface area contributed by atoms with Gasteiger partial charge in [-0.25, -0.2) is 0 Å². The number of para-hydroxylation sites is 1. The van der Waals surface area contributed by atoms with Crippen LogP contribution in [0.1, 0.15) is 0 Å². The Labute approximate surface area is 152 Å². The first-order valence-corrected chi connectivity index (χ1v) is 9.05. The smallest absolute Gasteiger partial charge is 0.234 e.